The molecule has 1 atom stereocenters. The smallest absolute Gasteiger partial charge is 0.410 e. The number of amides is 1. The Morgan fingerprint density at radius 2 is 2.10 bits per heavy atom. The lowest BCUT2D eigenvalue weighted by Gasteiger charge is -2.24. The average Bonchev–Trinajstić information content (AvgIpc) is 3.26. The summed E-state index contributed by atoms with van der Waals surface area (Å²) in [6, 6.07) is 1.55. The zero-order valence-electron chi connectivity index (χ0n) is 16.8. The Morgan fingerprint density at radius 3 is 2.72 bits per heavy atom. The van der Waals surface area contributed by atoms with Gasteiger partial charge in [0.1, 0.15) is 5.60 Å². The minimum atomic E-state index is -3.80. The molecule has 1 aliphatic heterocycles. The number of hydrogen-bond donors (Lipinski definition) is 2. The highest BCUT2D eigenvalue weighted by atomic mass is 32.2. The number of aromatic nitrogens is 2. The van der Waals surface area contributed by atoms with E-state index in [-0.39, 0.29) is 23.0 Å². The third kappa shape index (κ3) is 5.57. The number of carbonyl (C=O) groups excluding carboxylic acids is 1. The number of hydrogen-bond acceptors (Lipinski definition) is 8. The van der Waals surface area contributed by atoms with Crippen LogP contribution < -0.4 is 10.0 Å². The van der Waals surface area contributed by atoms with Gasteiger partial charge in [0.2, 0.25) is 0 Å². The van der Waals surface area contributed by atoms with E-state index in [2.05, 4.69) is 20.0 Å². The molecule has 3 rings (SSSR count). The van der Waals surface area contributed by atoms with Crippen molar-refractivity contribution in [3.63, 3.8) is 0 Å². The summed E-state index contributed by atoms with van der Waals surface area (Å²) in [5, 5.41) is 4.88. The third-order valence-corrected chi connectivity index (χ3v) is 6.07. The minimum Gasteiger partial charge on any atom is -0.444 e. The summed E-state index contributed by atoms with van der Waals surface area (Å²) in [6.45, 7) is 8.44. The Morgan fingerprint density at radius 1 is 1.34 bits per heavy atom. The van der Waals surface area contributed by atoms with Crippen molar-refractivity contribution in [2.24, 2.45) is 0 Å². The minimum absolute atomic E-state index is 0.0404. The summed E-state index contributed by atoms with van der Waals surface area (Å²) in [4.78, 5) is 21.9. The van der Waals surface area contributed by atoms with Crippen molar-refractivity contribution in [1.29, 1.82) is 0 Å². The van der Waals surface area contributed by atoms with Gasteiger partial charge in [0.15, 0.2) is 10.8 Å². The van der Waals surface area contributed by atoms with Crippen LogP contribution >= 0.6 is 11.3 Å². The summed E-state index contributed by atoms with van der Waals surface area (Å²) < 4.78 is 32.7. The number of carbonyl (C=O) groups is 1. The van der Waals surface area contributed by atoms with Gasteiger partial charge < -0.3 is 15.0 Å². The molecule has 29 heavy (non-hydrogen) atoms. The molecule has 11 heteroatoms. The van der Waals surface area contributed by atoms with Crippen LogP contribution in [0, 0.1) is 6.92 Å². The standard InChI is InChI=1S/C18H25N5O4S2/c1-12-7-16(29(25,26)22-15-10-28-11-20-15)19-8-14(12)21-13-5-6-23(9-13)17(24)27-18(2,3)4/h7-8,10-11,13,21-22H,5-6,9H2,1-4H3. The van der Waals surface area contributed by atoms with Gasteiger partial charge in [-0.1, -0.05) is 0 Å². The number of thiazole rings is 1. The molecule has 1 aliphatic rings. The Balaban J connectivity index is 1.63. The van der Waals surface area contributed by atoms with Gasteiger partial charge in [-0.15, -0.1) is 11.3 Å². The van der Waals surface area contributed by atoms with Crippen molar-refractivity contribution in [3.05, 3.63) is 28.7 Å². The number of aryl methyl sites for hydroxylation is 1. The maximum Gasteiger partial charge on any atom is 0.410 e. The normalized spacial score (nSPS) is 17.2. The van der Waals surface area contributed by atoms with E-state index in [4.69, 9.17) is 4.74 Å². The highest BCUT2D eigenvalue weighted by Crippen LogP contribution is 2.23. The number of nitrogens with zero attached hydrogens (tertiary/aromatic N) is 3. The van der Waals surface area contributed by atoms with Gasteiger partial charge in [0.25, 0.3) is 10.0 Å². The molecule has 1 saturated heterocycles. The van der Waals surface area contributed by atoms with Crippen molar-refractivity contribution in [2.75, 3.05) is 23.1 Å². The molecule has 3 heterocycles. The molecule has 0 saturated carbocycles. The summed E-state index contributed by atoms with van der Waals surface area (Å²) in [5.41, 5.74) is 2.49. The van der Waals surface area contributed by atoms with Crippen molar-refractivity contribution < 1.29 is 17.9 Å². The number of rotatable bonds is 5. The number of likely N-dealkylation sites (tertiary alicyclic amines) is 1. The third-order valence-electron chi connectivity index (χ3n) is 4.23. The molecular weight excluding hydrogens is 414 g/mol. The SMILES string of the molecule is Cc1cc(S(=O)(=O)Nc2cscn2)ncc1NC1CCN(C(=O)OC(C)(C)C)C1. The molecule has 0 spiro atoms. The van der Waals surface area contributed by atoms with E-state index in [9.17, 15) is 13.2 Å². The molecule has 0 radical (unpaired) electrons. The molecule has 2 aromatic rings. The van der Waals surface area contributed by atoms with Crippen molar-refractivity contribution in [1.82, 2.24) is 14.9 Å². The predicted molar refractivity (Wildman–Crippen MR) is 112 cm³/mol. The Labute approximate surface area is 174 Å². The van der Waals surface area contributed by atoms with E-state index in [1.54, 1.807) is 15.8 Å². The monoisotopic (exact) mass is 439 g/mol. The number of pyridine rings is 1. The summed E-state index contributed by atoms with van der Waals surface area (Å²) in [6.07, 6.45) is 1.94. The van der Waals surface area contributed by atoms with Crippen LogP contribution in [0.5, 0.6) is 0 Å². The largest absolute Gasteiger partial charge is 0.444 e. The van der Waals surface area contributed by atoms with Gasteiger partial charge in [0, 0.05) is 24.5 Å². The Hall–Kier alpha value is -2.40. The van der Waals surface area contributed by atoms with Gasteiger partial charge in [-0.25, -0.2) is 14.8 Å². The van der Waals surface area contributed by atoms with Crippen LogP contribution in [0.15, 0.2) is 28.2 Å². The maximum atomic E-state index is 12.5. The van der Waals surface area contributed by atoms with Crippen molar-refractivity contribution in [3.8, 4) is 0 Å². The summed E-state index contributed by atoms with van der Waals surface area (Å²) in [5.74, 6) is 0.268. The van der Waals surface area contributed by atoms with Gasteiger partial charge in [0.05, 0.1) is 17.4 Å². The summed E-state index contributed by atoms with van der Waals surface area (Å²) >= 11 is 1.30. The molecule has 0 aromatic carbocycles. The second kappa shape index (κ2) is 8.15. The number of sulfonamides is 1. The topological polar surface area (TPSA) is 114 Å². The van der Waals surface area contributed by atoms with E-state index in [1.165, 1.54) is 23.6 Å². The van der Waals surface area contributed by atoms with Gasteiger partial charge in [-0.05, 0) is 45.7 Å². The molecule has 1 fully saturated rings. The van der Waals surface area contributed by atoms with E-state index in [0.29, 0.717) is 13.1 Å². The first-order valence-electron chi connectivity index (χ1n) is 9.15. The fourth-order valence-corrected chi connectivity index (χ4v) is 4.44. The molecule has 0 aliphatic carbocycles. The van der Waals surface area contributed by atoms with Crippen molar-refractivity contribution >= 4 is 39.0 Å². The summed E-state index contributed by atoms with van der Waals surface area (Å²) in [7, 11) is -3.80. The Bertz CT molecular complexity index is 971. The second-order valence-electron chi connectivity index (χ2n) is 7.87. The van der Waals surface area contributed by atoms with Gasteiger partial charge >= 0.3 is 6.09 Å². The molecule has 1 unspecified atom stereocenters. The Kier molecular flexibility index (Phi) is 5.99. The molecule has 0 bridgehead atoms. The predicted octanol–water partition coefficient (Wildman–Crippen LogP) is 3.07. The zero-order valence-corrected chi connectivity index (χ0v) is 18.4. The lowest BCUT2D eigenvalue weighted by Crippen LogP contribution is -2.36. The lowest BCUT2D eigenvalue weighted by atomic mass is 10.2. The van der Waals surface area contributed by atoms with E-state index >= 15 is 0 Å². The van der Waals surface area contributed by atoms with E-state index in [0.717, 1.165) is 17.7 Å². The number of nitrogens with one attached hydrogen (secondary N) is 2. The quantitative estimate of drug-likeness (QED) is 0.736. The molecular formula is C18H25N5O4S2. The molecule has 9 nitrogen and oxygen atoms in total. The number of anilines is 2. The second-order valence-corrected chi connectivity index (χ2v) is 10.2. The fourth-order valence-electron chi connectivity index (χ4n) is 2.87. The van der Waals surface area contributed by atoms with Crippen LogP contribution in [0.25, 0.3) is 0 Å². The first-order valence-corrected chi connectivity index (χ1v) is 11.6. The average molecular weight is 440 g/mol. The van der Waals surface area contributed by atoms with Crippen LogP contribution in [0.4, 0.5) is 16.3 Å². The number of ether oxygens (including phenoxy) is 1. The fraction of sp³-hybridized carbons (Fsp3) is 0.500. The first-order chi connectivity index (χ1) is 13.5. The van der Waals surface area contributed by atoms with Crippen LogP contribution in [-0.4, -0.2) is 54.1 Å². The first kappa shape index (κ1) is 21.3. The van der Waals surface area contributed by atoms with Crippen LogP contribution in [0.3, 0.4) is 0 Å². The van der Waals surface area contributed by atoms with Gasteiger partial charge in [-0.3, -0.25) is 4.72 Å². The lowest BCUT2D eigenvalue weighted by molar-refractivity contribution is 0.0293. The maximum absolute atomic E-state index is 12.5. The molecule has 2 N–H and O–H groups in total. The van der Waals surface area contributed by atoms with Crippen LogP contribution in [0.1, 0.15) is 32.8 Å². The molecule has 2 aromatic heterocycles. The van der Waals surface area contributed by atoms with E-state index in [1.807, 2.05) is 27.7 Å². The molecule has 1 amide bonds. The van der Waals surface area contributed by atoms with Crippen molar-refractivity contribution in [2.45, 2.75) is 50.8 Å². The zero-order chi connectivity index (χ0) is 21.2. The molecule has 158 valence electrons. The van der Waals surface area contributed by atoms with Crippen LogP contribution in [0.2, 0.25) is 0 Å². The highest BCUT2D eigenvalue weighted by molar-refractivity contribution is 7.92. The van der Waals surface area contributed by atoms with E-state index < -0.39 is 15.6 Å². The van der Waals surface area contributed by atoms with Crippen LogP contribution in [-0.2, 0) is 14.8 Å². The van der Waals surface area contributed by atoms with Gasteiger partial charge in [-0.2, -0.15) is 8.42 Å². The highest BCUT2D eigenvalue weighted by Gasteiger charge is 2.30.